The highest BCUT2D eigenvalue weighted by atomic mass is 14.7. The summed E-state index contributed by atoms with van der Waals surface area (Å²) in [6.45, 7) is 9.01. The van der Waals surface area contributed by atoms with Gasteiger partial charge in [0.15, 0.2) is 0 Å². The van der Waals surface area contributed by atoms with Crippen LogP contribution in [0.3, 0.4) is 0 Å². The maximum Gasteiger partial charge on any atom is 0.0487 e. The molecule has 1 heterocycles. The van der Waals surface area contributed by atoms with E-state index in [0.29, 0.717) is 11.8 Å². The predicted molar refractivity (Wildman–Crippen MR) is 78.8 cm³/mol. The fourth-order valence-electron chi connectivity index (χ4n) is 2.40. The lowest BCUT2D eigenvalue weighted by molar-refractivity contribution is 0.616. The van der Waals surface area contributed by atoms with Gasteiger partial charge in [0.1, 0.15) is 0 Å². The first-order valence-electron chi connectivity index (χ1n) is 6.93. The van der Waals surface area contributed by atoms with Crippen molar-refractivity contribution in [1.29, 1.82) is 0 Å². The summed E-state index contributed by atoms with van der Waals surface area (Å²) in [4.78, 5) is 4.88. The van der Waals surface area contributed by atoms with Crippen LogP contribution in [0, 0.1) is 11.8 Å². The normalized spacial score (nSPS) is 11.7. The SMILES string of the molecule is CC(C)Cc1cc2ccccc2c(CC(C)C)n1. The molecule has 0 N–H and O–H groups in total. The quantitative estimate of drug-likeness (QED) is 0.760. The Bertz CT molecular complexity index is 526. The zero-order chi connectivity index (χ0) is 13.1. The molecular formula is C17H23N. The Labute approximate surface area is 110 Å². The van der Waals surface area contributed by atoms with Gasteiger partial charge in [-0.25, -0.2) is 0 Å². The van der Waals surface area contributed by atoms with E-state index in [-0.39, 0.29) is 0 Å². The van der Waals surface area contributed by atoms with Crippen molar-refractivity contribution in [2.24, 2.45) is 11.8 Å². The molecule has 0 spiro atoms. The number of rotatable bonds is 4. The van der Waals surface area contributed by atoms with Crippen molar-refractivity contribution in [3.05, 3.63) is 41.7 Å². The van der Waals surface area contributed by atoms with Gasteiger partial charge in [-0.1, -0.05) is 52.0 Å². The molecule has 0 aliphatic heterocycles. The summed E-state index contributed by atoms with van der Waals surface area (Å²) in [7, 11) is 0. The molecule has 0 unspecified atom stereocenters. The van der Waals surface area contributed by atoms with Crippen LogP contribution in [-0.2, 0) is 12.8 Å². The monoisotopic (exact) mass is 241 g/mol. The summed E-state index contributed by atoms with van der Waals surface area (Å²) < 4.78 is 0. The second-order valence-corrected chi connectivity index (χ2v) is 5.98. The number of benzene rings is 1. The average molecular weight is 241 g/mol. The molecule has 2 aromatic rings. The van der Waals surface area contributed by atoms with Gasteiger partial charge < -0.3 is 0 Å². The van der Waals surface area contributed by atoms with Crippen LogP contribution in [0.2, 0.25) is 0 Å². The molecule has 0 aliphatic rings. The van der Waals surface area contributed by atoms with Crippen LogP contribution in [0.25, 0.3) is 10.8 Å². The zero-order valence-electron chi connectivity index (χ0n) is 11.9. The molecule has 1 aromatic carbocycles. The molecule has 0 fully saturated rings. The third-order valence-corrected chi connectivity index (χ3v) is 3.09. The topological polar surface area (TPSA) is 12.9 Å². The van der Waals surface area contributed by atoms with Gasteiger partial charge in [0, 0.05) is 16.8 Å². The molecule has 0 radical (unpaired) electrons. The lowest BCUT2D eigenvalue weighted by Gasteiger charge is -2.12. The Balaban J connectivity index is 2.49. The summed E-state index contributed by atoms with van der Waals surface area (Å²) in [6, 6.07) is 10.9. The zero-order valence-corrected chi connectivity index (χ0v) is 11.9. The van der Waals surface area contributed by atoms with E-state index in [1.807, 2.05) is 0 Å². The molecule has 0 saturated heterocycles. The molecule has 0 atom stereocenters. The van der Waals surface area contributed by atoms with Gasteiger partial charge in [0.2, 0.25) is 0 Å². The maximum atomic E-state index is 4.88. The van der Waals surface area contributed by atoms with Crippen molar-refractivity contribution < 1.29 is 0 Å². The smallest absolute Gasteiger partial charge is 0.0487 e. The molecule has 96 valence electrons. The van der Waals surface area contributed by atoms with Gasteiger partial charge in [-0.2, -0.15) is 0 Å². The van der Waals surface area contributed by atoms with Gasteiger partial charge in [-0.3, -0.25) is 4.98 Å². The molecule has 2 rings (SSSR count). The molecule has 0 amide bonds. The van der Waals surface area contributed by atoms with Crippen molar-refractivity contribution in [3.8, 4) is 0 Å². The predicted octanol–water partition coefficient (Wildman–Crippen LogP) is 4.63. The van der Waals surface area contributed by atoms with E-state index >= 15 is 0 Å². The Kier molecular flexibility index (Phi) is 4.00. The third-order valence-electron chi connectivity index (χ3n) is 3.09. The van der Waals surface area contributed by atoms with E-state index in [1.54, 1.807) is 0 Å². The molecule has 18 heavy (non-hydrogen) atoms. The van der Waals surface area contributed by atoms with Crippen molar-refractivity contribution >= 4 is 10.8 Å². The van der Waals surface area contributed by atoms with Crippen LogP contribution in [0.4, 0.5) is 0 Å². The lowest BCUT2D eigenvalue weighted by Crippen LogP contribution is -2.04. The summed E-state index contributed by atoms with van der Waals surface area (Å²) in [6.07, 6.45) is 2.13. The number of hydrogen-bond donors (Lipinski definition) is 0. The maximum absolute atomic E-state index is 4.88. The molecule has 0 aliphatic carbocycles. The first kappa shape index (κ1) is 13.1. The molecule has 1 heteroatoms. The largest absolute Gasteiger partial charge is 0.257 e. The summed E-state index contributed by atoms with van der Waals surface area (Å²) in [5, 5.41) is 2.65. The van der Waals surface area contributed by atoms with Crippen molar-refractivity contribution in [3.63, 3.8) is 0 Å². The molecular weight excluding hydrogens is 218 g/mol. The van der Waals surface area contributed by atoms with E-state index in [0.717, 1.165) is 12.8 Å². The van der Waals surface area contributed by atoms with Crippen LogP contribution in [0.5, 0.6) is 0 Å². The van der Waals surface area contributed by atoms with Crippen LogP contribution in [-0.4, -0.2) is 4.98 Å². The molecule has 0 bridgehead atoms. The standard InChI is InChI=1S/C17H23N/c1-12(2)9-15-11-14-7-5-6-8-16(14)17(18-15)10-13(3)4/h5-8,11-13H,9-10H2,1-4H3. The highest BCUT2D eigenvalue weighted by molar-refractivity contribution is 5.84. The summed E-state index contributed by atoms with van der Waals surface area (Å²) in [5.74, 6) is 1.31. The number of hydrogen-bond acceptors (Lipinski definition) is 1. The van der Waals surface area contributed by atoms with Gasteiger partial charge in [0.05, 0.1) is 0 Å². The molecule has 0 saturated carbocycles. The van der Waals surface area contributed by atoms with E-state index in [2.05, 4.69) is 58.0 Å². The number of pyridine rings is 1. The van der Waals surface area contributed by atoms with Gasteiger partial charge >= 0.3 is 0 Å². The minimum absolute atomic E-state index is 0.648. The highest BCUT2D eigenvalue weighted by Gasteiger charge is 2.08. The minimum Gasteiger partial charge on any atom is -0.257 e. The molecule has 1 nitrogen and oxygen atoms in total. The van der Waals surface area contributed by atoms with Gasteiger partial charge in [-0.15, -0.1) is 0 Å². The van der Waals surface area contributed by atoms with E-state index < -0.39 is 0 Å². The fraction of sp³-hybridized carbons (Fsp3) is 0.471. The fourth-order valence-corrected chi connectivity index (χ4v) is 2.40. The Morgan fingerprint density at radius 1 is 0.944 bits per heavy atom. The Morgan fingerprint density at radius 3 is 2.28 bits per heavy atom. The minimum atomic E-state index is 0.648. The van der Waals surface area contributed by atoms with Gasteiger partial charge in [-0.05, 0) is 36.1 Å². The van der Waals surface area contributed by atoms with Crippen LogP contribution >= 0.6 is 0 Å². The highest BCUT2D eigenvalue weighted by Crippen LogP contribution is 2.22. The molecule has 1 aromatic heterocycles. The number of aromatic nitrogens is 1. The lowest BCUT2D eigenvalue weighted by atomic mass is 9.99. The van der Waals surface area contributed by atoms with Crippen molar-refractivity contribution in [1.82, 2.24) is 4.98 Å². The van der Waals surface area contributed by atoms with Gasteiger partial charge in [0.25, 0.3) is 0 Å². The van der Waals surface area contributed by atoms with Crippen LogP contribution < -0.4 is 0 Å². The van der Waals surface area contributed by atoms with Crippen molar-refractivity contribution in [2.45, 2.75) is 40.5 Å². The number of fused-ring (bicyclic) bond motifs is 1. The summed E-state index contributed by atoms with van der Waals surface area (Å²) in [5.41, 5.74) is 2.50. The average Bonchev–Trinajstić information content (AvgIpc) is 2.27. The van der Waals surface area contributed by atoms with E-state index in [4.69, 9.17) is 4.98 Å². The Morgan fingerprint density at radius 2 is 1.61 bits per heavy atom. The second-order valence-electron chi connectivity index (χ2n) is 5.98. The van der Waals surface area contributed by atoms with E-state index in [1.165, 1.54) is 22.2 Å². The third kappa shape index (κ3) is 3.10. The van der Waals surface area contributed by atoms with Crippen LogP contribution in [0.1, 0.15) is 39.1 Å². The number of nitrogens with zero attached hydrogens (tertiary/aromatic N) is 1. The first-order chi connectivity index (χ1) is 8.56. The Hall–Kier alpha value is -1.37. The van der Waals surface area contributed by atoms with Crippen molar-refractivity contribution in [2.75, 3.05) is 0 Å². The van der Waals surface area contributed by atoms with E-state index in [9.17, 15) is 0 Å². The second kappa shape index (κ2) is 5.51. The summed E-state index contributed by atoms with van der Waals surface area (Å²) >= 11 is 0. The first-order valence-corrected chi connectivity index (χ1v) is 6.93. The van der Waals surface area contributed by atoms with Crippen LogP contribution in [0.15, 0.2) is 30.3 Å².